The molecule has 1 unspecified atom stereocenters. The Morgan fingerprint density at radius 3 is 2.92 bits per heavy atom. The van der Waals surface area contributed by atoms with E-state index in [2.05, 4.69) is 15.2 Å². The summed E-state index contributed by atoms with van der Waals surface area (Å²) in [5.41, 5.74) is 1.05. The number of Topliss-reactive ketones (excluding diaryl/α,β-unsaturated/α-hetero) is 1. The van der Waals surface area contributed by atoms with Crippen molar-refractivity contribution in [3.8, 4) is 0 Å². The van der Waals surface area contributed by atoms with Crippen molar-refractivity contribution in [2.45, 2.75) is 51.0 Å². The maximum atomic E-state index is 13.0. The predicted octanol–water partition coefficient (Wildman–Crippen LogP) is 3.77. The van der Waals surface area contributed by atoms with Gasteiger partial charge in [0.05, 0.1) is 5.92 Å². The lowest BCUT2D eigenvalue weighted by Crippen LogP contribution is -2.43. The van der Waals surface area contributed by atoms with E-state index in [1.807, 2.05) is 23.7 Å². The molecule has 2 atom stereocenters. The van der Waals surface area contributed by atoms with Crippen LogP contribution in [0.15, 0.2) is 35.5 Å². The summed E-state index contributed by atoms with van der Waals surface area (Å²) < 4.78 is 0. The quantitative estimate of drug-likeness (QED) is 0.856. The van der Waals surface area contributed by atoms with Gasteiger partial charge < -0.3 is 10.2 Å². The monoisotopic (exact) mass is 371 g/mol. The molecule has 1 saturated carbocycles. The number of nitrogens with one attached hydrogen (secondary N) is 1. The maximum absolute atomic E-state index is 13.0. The van der Waals surface area contributed by atoms with Crippen LogP contribution >= 0.6 is 11.3 Å². The lowest BCUT2D eigenvalue weighted by molar-refractivity contribution is -0.123. The number of thiazole rings is 1. The molecule has 2 aliphatic carbocycles. The summed E-state index contributed by atoms with van der Waals surface area (Å²) in [5, 5.41) is 5.48. The van der Waals surface area contributed by atoms with Gasteiger partial charge in [0.2, 0.25) is 5.91 Å². The van der Waals surface area contributed by atoms with Gasteiger partial charge in [-0.15, -0.1) is 11.3 Å². The third-order valence-electron chi connectivity index (χ3n) is 5.78. The maximum Gasteiger partial charge on any atom is 0.248 e. The SMILES string of the molecule is O=C1CC=CC2=CN([C@@H](CC3CCCCC3)C(=O)Nc3nccs3)CC12. The first kappa shape index (κ1) is 17.5. The average molecular weight is 372 g/mol. The normalized spacial score (nSPS) is 24.3. The Balaban J connectivity index is 1.52. The zero-order valence-corrected chi connectivity index (χ0v) is 15.7. The van der Waals surface area contributed by atoms with Crippen LogP contribution in [0.4, 0.5) is 5.13 Å². The van der Waals surface area contributed by atoms with E-state index in [0.29, 0.717) is 24.0 Å². The summed E-state index contributed by atoms with van der Waals surface area (Å²) in [6.45, 7) is 0.626. The molecule has 1 aromatic rings. The van der Waals surface area contributed by atoms with Gasteiger partial charge >= 0.3 is 0 Å². The number of fused-ring (bicyclic) bond motifs is 1. The third kappa shape index (κ3) is 3.75. The van der Waals surface area contributed by atoms with E-state index in [1.165, 1.54) is 43.4 Å². The van der Waals surface area contributed by atoms with Gasteiger partial charge in [-0.05, 0) is 17.9 Å². The van der Waals surface area contributed by atoms with Crippen molar-refractivity contribution in [3.05, 3.63) is 35.5 Å². The molecule has 138 valence electrons. The predicted molar refractivity (Wildman–Crippen MR) is 103 cm³/mol. The van der Waals surface area contributed by atoms with E-state index >= 15 is 0 Å². The molecule has 1 aromatic heterocycles. The number of allylic oxidation sites excluding steroid dienone is 2. The second-order valence-corrected chi connectivity index (χ2v) is 8.43. The second-order valence-electron chi connectivity index (χ2n) is 7.53. The zero-order chi connectivity index (χ0) is 17.9. The van der Waals surface area contributed by atoms with Crippen molar-refractivity contribution in [2.24, 2.45) is 11.8 Å². The second kappa shape index (κ2) is 7.74. The number of hydrogen-bond acceptors (Lipinski definition) is 5. The van der Waals surface area contributed by atoms with Gasteiger partial charge in [0, 0.05) is 30.7 Å². The third-order valence-corrected chi connectivity index (χ3v) is 6.46. The molecular formula is C20H25N3O2S. The van der Waals surface area contributed by atoms with Crippen LogP contribution in [-0.2, 0) is 9.59 Å². The number of nitrogens with zero attached hydrogens (tertiary/aromatic N) is 2. The number of anilines is 1. The summed E-state index contributed by atoms with van der Waals surface area (Å²) in [6, 6.07) is -0.235. The van der Waals surface area contributed by atoms with E-state index in [9.17, 15) is 9.59 Å². The lowest BCUT2D eigenvalue weighted by atomic mass is 9.84. The number of rotatable bonds is 5. The van der Waals surface area contributed by atoms with Crippen LogP contribution < -0.4 is 5.32 Å². The number of amides is 1. The number of aromatic nitrogens is 1. The first-order valence-corrected chi connectivity index (χ1v) is 10.5. The first-order chi connectivity index (χ1) is 12.7. The highest BCUT2D eigenvalue weighted by Crippen LogP contribution is 2.34. The fourth-order valence-corrected chi connectivity index (χ4v) is 4.91. The first-order valence-electron chi connectivity index (χ1n) is 9.58. The number of carbonyl (C=O) groups is 2. The molecular weight excluding hydrogens is 346 g/mol. The van der Waals surface area contributed by atoms with Crippen LogP contribution in [-0.4, -0.2) is 34.2 Å². The fraction of sp³-hybridized carbons (Fsp3) is 0.550. The lowest BCUT2D eigenvalue weighted by Gasteiger charge is -2.32. The minimum Gasteiger partial charge on any atom is -0.364 e. The molecule has 0 spiro atoms. The van der Waals surface area contributed by atoms with E-state index < -0.39 is 0 Å². The Morgan fingerprint density at radius 2 is 2.19 bits per heavy atom. The molecule has 1 N–H and O–H groups in total. The van der Waals surface area contributed by atoms with Crippen molar-refractivity contribution < 1.29 is 9.59 Å². The average Bonchev–Trinajstić information content (AvgIpc) is 3.30. The Labute approximate surface area is 158 Å². The Kier molecular flexibility index (Phi) is 5.20. The number of ketones is 1. The van der Waals surface area contributed by atoms with Crippen molar-refractivity contribution in [2.75, 3.05) is 11.9 Å². The van der Waals surface area contributed by atoms with E-state index in [0.717, 1.165) is 12.0 Å². The highest BCUT2D eigenvalue weighted by Gasteiger charge is 2.37. The summed E-state index contributed by atoms with van der Waals surface area (Å²) in [7, 11) is 0. The molecule has 2 heterocycles. The van der Waals surface area contributed by atoms with E-state index in [-0.39, 0.29) is 23.7 Å². The fourth-order valence-electron chi connectivity index (χ4n) is 4.37. The molecule has 3 aliphatic rings. The Morgan fingerprint density at radius 1 is 1.35 bits per heavy atom. The summed E-state index contributed by atoms with van der Waals surface area (Å²) >= 11 is 1.44. The van der Waals surface area contributed by atoms with Crippen LogP contribution in [0.2, 0.25) is 0 Å². The van der Waals surface area contributed by atoms with Gasteiger partial charge in [0.1, 0.15) is 11.8 Å². The van der Waals surface area contributed by atoms with Crippen molar-refractivity contribution in [1.29, 1.82) is 0 Å². The summed E-state index contributed by atoms with van der Waals surface area (Å²) in [6.07, 6.45) is 15.3. The topological polar surface area (TPSA) is 62.3 Å². The van der Waals surface area contributed by atoms with Crippen LogP contribution in [0, 0.1) is 11.8 Å². The van der Waals surface area contributed by atoms with Crippen LogP contribution in [0.25, 0.3) is 0 Å². The zero-order valence-electron chi connectivity index (χ0n) is 14.9. The van der Waals surface area contributed by atoms with Crippen LogP contribution in [0.1, 0.15) is 44.9 Å². The minimum absolute atomic E-state index is 0.00236. The smallest absolute Gasteiger partial charge is 0.248 e. The van der Waals surface area contributed by atoms with Gasteiger partial charge in [0.15, 0.2) is 5.13 Å². The highest BCUT2D eigenvalue weighted by atomic mass is 32.1. The highest BCUT2D eigenvalue weighted by molar-refractivity contribution is 7.13. The van der Waals surface area contributed by atoms with Crippen LogP contribution in [0.3, 0.4) is 0 Å². The molecule has 0 saturated heterocycles. The summed E-state index contributed by atoms with van der Waals surface area (Å²) in [4.78, 5) is 31.6. The molecule has 0 aromatic carbocycles. The molecule has 0 radical (unpaired) electrons. The van der Waals surface area contributed by atoms with Gasteiger partial charge in [0.25, 0.3) is 0 Å². The van der Waals surface area contributed by atoms with Gasteiger partial charge in [-0.25, -0.2) is 4.98 Å². The van der Waals surface area contributed by atoms with Crippen molar-refractivity contribution in [3.63, 3.8) is 0 Å². The molecule has 5 nitrogen and oxygen atoms in total. The molecule has 6 heteroatoms. The number of hydrogen-bond donors (Lipinski definition) is 1. The van der Waals surface area contributed by atoms with E-state index in [1.54, 1.807) is 6.20 Å². The Hall–Kier alpha value is -1.95. The number of carbonyl (C=O) groups excluding carboxylic acids is 2. The standard InChI is InChI=1S/C20H25N3O2S/c24-18-8-4-7-15-12-23(13-16(15)18)17(11-14-5-2-1-3-6-14)19(25)22-20-21-9-10-26-20/h4,7,9-10,12,14,16-17H,1-3,5-6,8,11,13H2,(H,21,22,25)/t16?,17-/m0/s1. The Bertz CT molecular complexity index is 719. The molecule has 0 bridgehead atoms. The van der Waals surface area contributed by atoms with E-state index in [4.69, 9.17) is 0 Å². The van der Waals surface area contributed by atoms with Gasteiger partial charge in [-0.2, -0.15) is 0 Å². The molecule has 1 fully saturated rings. The van der Waals surface area contributed by atoms with Gasteiger partial charge in [-0.3, -0.25) is 9.59 Å². The molecule has 26 heavy (non-hydrogen) atoms. The molecule has 1 amide bonds. The van der Waals surface area contributed by atoms with Crippen LogP contribution in [0.5, 0.6) is 0 Å². The molecule has 1 aliphatic heterocycles. The molecule has 4 rings (SSSR count). The van der Waals surface area contributed by atoms with Crippen molar-refractivity contribution >= 4 is 28.2 Å². The summed E-state index contributed by atoms with van der Waals surface area (Å²) in [5.74, 6) is 0.778. The van der Waals surface area contributed by atoms with Crippen molar-refractivity contribution in [1.82, 2.24) is 9.88 Å². The minimum atomic E-state index is -0.235. The largest absolute Gasteiger partial charge is 0.364 e. The van der Waals surface area contributed by atoms with Gasteiger partial charge in [-0.1, -0.05) is 44.3 Å².